The molecule has 0 heterocycles. The predicted molar refractivity (Wildman–Crippen MR) is 87.3 cm³/mol. The molecule has 6 nitrogen and oxygen atoms in total. The lowest BCUT2D eigenvalue weighted by molar-refractivity contribution is -0.141. The maximum atomic E-state index is 11.8. The largest absolute Gasteiger partial charge is 0.497 e. The number of carbonyl (C=O) groups excluding carboxylic acids is 1. The van der Waals surface area contributed by atoms with Gasteiger partial charge in [0.15, 0.2) is 0 Å². The van der Waals surface area contributed by atoms with Crippen LogP contribution in [0.15, 0.2) is 24.3 Å². The lowest BCUT2D eigenvalue weighted by Gasteiger charge is -2.14. The zero-order valence-electron chi connectivity index (χ0n) is 12.8. The first-order valence-corrected chi connectivity index (χ1v) is 8.31. The number of carboxylic acids is 1. The molecule has 0 saturated heterocycles. The Hall–Kier alpha value is -1.73. The average Bonchev–Trinajstić information content (AvgIpc) is 2.51. The molecule has 0 spiro atoms. The molecule has 3 N–H and O–H groups in total. The van der Waals surface area contributed by atoms with Crippen LogP contribution in [0.2, 0.25) is 0 Å². The molecule has 0 aromatic heterocycles. The Kier molecular flexibility index (Phi) is 8.39. The number of thioether (sulfide) groups is 1. The fourth-order valence-corrected chi connectivity index (χ4v) is 2.31. The zero-order chi connectivity index (χ0) is 16.4. The van der Waals surface area contributed by atoms with E-state index >= 15 is 0 Å². The van der Waals surface area contributed by atoms with Crippen molar-refractivity contribution >= 4 is 23.6 Å². The minimum absolute atomic E-state index is 0.0697. The van der Waals surface area contributed by atoms with Crippen molar-refractivity contribution in [2.24, 2.45) is 0 Å². The van der Waals surface area contributed by atoms with Crippen LogP contribution in [0.3, 0.4) is 0 Å². The molecule has 0 bridgehead atoms. The Morgan fingerprint density at radius 1 is 1.41 bits per heavy atom. The van der Waals surface area contributed by atoms with Crippen LogP contribution < -0.4 is 15.4 Å². The van der Waals surface area contributed by atoms with Gasteiger partial charge in [-0.05, 0) is 36.1 Å². The van der Waals surface area contributed by atoms with Gasteiger partial charge in [0, 0.05) is 6.54 Å². The van der Waals surface area contributed by atoms with Gasteiger partial charge in [0.1, 0.15) is 11.8 Å². The minimum Gasteiger partial charge on any atom is -0.497 e. The zero-order valence-corrected chi connectivity index (χ0v) is 13.6. The second-order valence-corrected chi connectivity index (χ2v) is 5.68. The van der Waals surface area contributed by atoms with E-state index in [9.17, 15) is 9.59 Å². The Labute approximate surface area is 134 Å². The van der Waals surface area contributed by atoms with E-state index in [-0.39, 0.29) is 12.5 Å². The smallest absolute Gasteiger partial charge is 0.326 e. The summed E-state index contributed by atoms with van der Waals surface area (Å²) in [5.74, 6) is 0.118. The third-order valence-electron chi connectivity index (χ3n) is 2.99. The summed E-state index contributed by atoms with van der Waals surface area (Å²) in [6, 6.07) is 6.69. The first-order chi connectivity index (χ1) is 10.6. The molecule has 0 aliphatic heterocycles. The Balaban J connectivity index is 2.36. The average molecular weight is 326 g/mol. The maximum absolute atomic E-state index is 11.8. The molecule has 122 valence electrons. The highest BCUT2D eigenvalue weighted by atomic mass is 32.2. The number of carbonyl (C=O) groups is 2. The normalized spacial score (nSPS) is 11.7. The molecule has 0 fully saturated rings. The van der Waals surface area contributed by atoms with Gasteiger partial charge in [0.2, 0.25) is 5.91 Å². The highest BCUT2D eigenvalue weighted by Gasteiger charge is 2.18. The quantitative estimate of drug-likeness (QED) is 0.597. The van der Waals surface area contributed by atoms with E-state index in [1.54, 1.807) is 18.9 Å². The van der Waals surface area contributed by atoms with E-state index in [2.05, 4.69) is 10.6 Å². The molecule has 0 aliphatic rings. The molecule has 22 heavy (non-hydrogen) atoms. The second kappa shape index (κ2) is 10.1. The van der Waals surface area contributed by atoms with E-state index in [1.165, 1.54) is 0 Å². The van der Waals surface area contributed by atoms with Crippen molar-refractivity contribution in [3.63, 3.8) is 0 Å². The third kappa shape index (κ3) is 6.82. The lowest BCUT2D eigenvalue weighted by atomic mass is 10.2. The van der Waals surface area contributed by atoms with Gasteiger partial charge in [0.05, 0.1) is 13.7 Å². The molecule has 1 amide bonds. The van der Waals surface area contributed by atoms with Crippen LogP contribution in [0.4, 0.5) is 0 Å². The van der Waals surface area contributed by atoms with Crippen molar-refractivity contribution in [3.8, 4) is 5.75 Å². The molecule has 1 aromatic carbocycles. The number of ether oxygens (including phenoxy) is 1. The number of hydrogen-bond donors (Lipinski definition) is 3. The Morgan fingerprint density at radius 3 is 2.82 bits per heavy atom. The third-order valence-corrected chi connectivity index (χ3v) is 3.64. The molecule has 1 rings (SSSR count). The van der Waals surface area contributed by atoms with Crippen LogP contribution in [0, 0.1) is 0 Å². The summed E-state index contributed by atoms with van der Waals surface area (Å²) in [6.07, 6.45) is 2.31. The van der Waals surface area contributed by atoms with Crippen LogP contribution in [0.25, 0.3) is 0 Å². The summed E-state index contributed by atoms with van der Waals surface area (Å²) in [5, 5.41) is 14.6. The Bertz CT molecular complexity index is 496. The second-order valence-electron chi connectivity index (χ2n) is 4.69. The van der Waals surface area contributed by atoms with Gasteiger partial charge in [-0.3, -0.25) is 4.79 Å². The van der Waals surface area contributed by atoms with Crippen molar-refractivity contribution < 1.29 is 19.4 Å². The highest BCUT2D eigenvalue weighted by molar-refractivity contribution is 7.98. The fraction of sp³-hybridized carbons (Fsp3) is 0.467. The topological polar surface area (TPSA) is 87.7 Å². The lowest BCUT2D eigenvalue weighted by Crippen LogP contribution is -2.44. The number of nitrogens with one attached hydrogen (secondary N) is 2. The van der Waals surface area contributed by atoms with Crippen molar-refractivity contribution in [3.05, 3.63) is 29.8 Å². The number of methoxy groups -OCH3 is 1. The van der Waals surface area contributed by atoms with Crippen molar-refractivity contribution in [2.45, 2.75) is 19.0 Å². The molecular formula is C15H22N2O4S. The summed E-state index contributed by atoms with van der Waals surface area (Å²) in [5.41, 5.74) is 0.990. The fourth-order valence-electron chi connectivity index (χ4n) is 1.84. The standard InChI is InChI=1S/C15H22N2O4S/c1-21-12-5-3-4-11(8-12)9-16-10-14(18)17-13(15(19)20)6-7-22-2/h3-5,8,13,16H,6-7,9-10H2,1-2H3,(H,17,18)(H,19,20)/t13-/m0/s1. The van der Waals surface area contributed by atoms with Crippen LogP contribution in [-0.4, -0.2) is 48.7 Å². The molecule has 1 atom stereocenters. The Morgan fingerprint density at radius 2 is 2.18 bits per heavy atom. The predicted octanol–water partition coefficient (Wildman–Crippen LogP) is 1.11. The number of aliphatic carboxylic acids is 1. The maximum Gasteiger partial charge on any atom is 0.326 e. The van der Waals surface area contributed by atoms with Gasteiger partial charge in [0.25, 0.3) is 0 Å². The van der Waals surface area contributed by atoms with Gasteiger partial charge in [-0.15, -0.1) is 0 Å². The first kappa shape index (κ1) is 18.3. The molecule has 7 heteroatoms. The summed E-state index contributed by atoms with van der Waals surface area (Å²) in [7, 11) is 1.60. The molecule has 0 saturated carbocycles. The van der Waals surface area contributed by atoms with Crippen LogP contribution in [-0.2, 0) is 16.1 Å². The molecular weight excluding hydrogens is 304 g/mol. The van der Waals surface area contributed by atoms with Crippen molar-refractivity contribution in [1.29, 1.82) is 0 Å². The SMILES string of the molecule is COc1cccc(CNCC(=O)N[C@@H](CCSC)C(=O)O)c1. The van der Waals surface area contributed by atoms with Crippen molar-refractivity contribution in [2.75, 3.05) is 25.7 Å². The van der Waals surface area contributed by atoms with E-state index in [1.807, 2.05) is 30.5 Å². The minimum atomic E-state index is -1.00. The van der Waals surface area contributed by atoms with Crippen LogP contribution in [0.1, 0.15) is 12.0 Å². The van der Waals surface area contributed by atoms with E-state index < -0.39 is 12.0 Å². The highest BCUT2D eigenvalue weighted by Crippen LogP contribution is 2.11. The summed E-state index contributed by atoms with van der Waals surface area (Å²) in [4.78, 5) is 22.8. The number of benzene rings is 1. The van der Waals surface area contributed by atoms with Gasteiger partial charge in [-0.1, -0.05) is 12.1 Å². The number of carboxylic acid groups (broad SMARTS) is 1. The van der Waals surface area contributed by atoms with Crippen LogP contribution >= 0.6 is 11.8 Å². The molecule has 0 radical (unpaired) electrons. The monoisotopic (exact) mass is 326 g/mol. The van der Waals surface area contributed by atoms with Gasteiger partial charge in [-0.25, -0.2) is 4.79 Å². The van der Waals surface area contributed by atoms with Crippen LogP contribution in [0.5, 0.6) is 5.75 Å². The van der Waals surface area contributed by atoms with E-state index in [4.69, 9.17) is 9.84 Å². The summed E-state index contributed by atoms with van der Waals surface area (Å²) in [6.45, 7) is 0.577. The first-order valence-electron chi connectivity index (χ1n) is 6.91. The molecule has 0 unspecified atom stereocenters. The number of rotatable bonds is 10. The number of hydrogen-bond acceptors (Lipinski definition) is 5. The summed E-state index contributed by atoms with van der Waals surface area (Å²) >= 11 is 1.55. The van der Waals surface area contributed by atoms with Crippen molar-refractivity contribution in [1.82, 2.24) is 10.6 Å². The van der Waals surface area contributed by atoms with Gasteiger partial charge < -0.3 is 20.5 Å². The van der Waals surface area contributed by atoms with E-state index in [0.29, 0.717) is 18.7 Å². The van der Waals surface area contributed by atoms with Gasteiger partial charge >= 0.3 is 5.97 Å². The number of amides is 1. The molecule has 1 aromatic rings. The summed E-state index contributed by atoms with van der Waals surface area (Å²) < 4.78 is 5.12. The van der Waals surface area contributed by atoms with E-state index in [0.717, 1.165) is 11.3 Å². The molecule has 0 aliphatic carbocycles. The van der Waals surface area contributed by atoms with Gasteiger partial charge in [-0.2, -0.15) is 11.8 Å².